The number of carbonyl (C=O) groups is 1. The lowest BCUT2D eigenvalue weighted by molar-refractivity contribution is -0.917. The van der Waals surface area contributed by atoms with Gasteiger partial charge in [0.2, 0.25) is 0 Å². The van der Waals surface area contributed by atoms with Crippen molar-refractivity contribution in [2.45, 2.75) is 6.54 Å². The van der Waals surface area contributed by atoms with Crippen molar-refractivity contribution < 1.29 is 9.69 Å². The van der Waals surface area contributed by atoms with Gasteiger partial charge in [-0.15, -0.1) is 11.3 Å². The molecule has 7 heteroatoms. The van der Waals surface area contributed by atoms with E-state index in [1.165, 1.54) is 9.60 Å². The number of nitrogens with zero attached hydrogens (tertiary/aromatic N) is 2. The Hall–Kier alpha value is -1.66. The number of para-hydroxylation sites is 1. The highest BCUT2D eigenvalue weighted by Crippen LogP contribution is 2.21. The smallest absolute Gasteiger partial charge is 0.254 e. The van der Waals surface area contributed by atoms with Gasteiger partial charge in [0.15, 0.2) is 0 Å². The summed E-state index contributed by atoms with van der Waals surface area (Å²) in [4.78, 5) is 20.7. The molecule has 4 nitrogen and oxygen atoms in total. The summed E-state index contributed by atoms with van der Waals surface area (Å²) >= 11 is 13.8. The van der Waals surface area contributed by atoms with Gasteiger partial charge in [0, 0.05) is 15.6 Å². The maximum atomic E-state index is 12.7. The van der Waals surface area contributed by atoms with E-state index in [-0.39, 0.29) is 5.91 Å². The molecule has 0 saturated carbocycles. The minimum absolute atomic E-state index is 0.00608. The molecule has 0 radical (unpaired) electrons. The van der Waals surface area contributed by atoms with Crippen molar-refractivity contribution in [2.75, 3.05) is 26.2 Å². The number of thiazole rings is 1. The van der Waals surface area contributed by atoms with E-state index in [1.807, 2.05) is 17.0 Å². The number of carbonyl (C=O) groups excluding carboxylic acids is 1. The molecule has 1 saturated heterocycles. The molecule has 0 unspecified atom stereocenters. The minimum Gasteiger partial charge on any atom is -0.327 e. The molecule has 134 valence electrons. The third kappa shape index (κ3) is 3.86. The minimum atomic E-state index is -0.00608. The van der Waals surface area contributed by atoms with Crippen LogP contribution >= 0.6 is 34.5 Å². The summed E-state index contributed by atoms with van der Waals surface area (Å²) in [5.41, 5.74) is 1.62. The first kappa shape index (κ1) is 17.7. The normalized spacial score (nSPS) is 15.5. The number of rotatable bonds is 3. The first-order valence-electron chi connectivity index (χ1n) is 8.52. The van der Waals surface area contributed by atoms with Crippen LogP contribution in [0.1, 0.15) is 15.4 Å². The number of hydrogen-bond acceptors (Lipinski definition) is 3. The van der Waals surface area contributed by atoms with E-state index in [1.54, 1.807) is 29.5 Å². The van der Waals surface area contributed by atoms with Crippen LogP contribution in [0.25, 0.3) is 10.2 Å². The van der Waals surface area contributed by atoms with Crippen molar-refractivity contribution in [3.8, 4) is 0 Å². The number of piperazine rings is 1. The van der Waals surface area contributed by atoms with Gasteiger partial charge in [0.25, 0.3) is 5.91 Å². The summed E-state index contributed by atoms with van der Waals surface area (Å²) < 4.78 is 1.23. The second-order valence-electron chi connectivity index (χ2n) is 6.45. The van der Waals surface area contributed by atoms with Crippen LogP contribution < -0.4 is 4.90 Å². The Morgan fingerprint density at radius 3 is 2.50 bits per heavy atom. The second-order valence-corrected chi connectivity index (χ2v) is 8.44. The van der Waals surface area contributed by atoms with Gasteiger partial charge < -0.3 is 9.80 Å². The van der Waals surface area contributed by atoms with Gasteiger partial charge in [-0.2, -0.15) is 0 Å². The Bertz CT molecular complexity index is 898. The third-order valence-electron chi connectivity index (χ3n) is 4.61. The molecule has 2 heterocycles. The van der Waals surface area contributed by atoms with Crippen molar-refractivity contribution in [1.82, 2.24) is 9.88 Å². The van der Waals surface area contributed by atoms with E-state index < -0.39 is 0 Å². The van der Waals surface area contributed by atoms with Crippen LogP contribution in [0, 0.1) is 0 Å². The zero-order valence-electron chi connectivity index (χ0n) is 14.0. The number of benzene rings is 2. The summed E-state index contributed by atoms with van der Waals surface area (Å²) in [5.74, 6) is -0.00608. The van der Waals surface area contributed by atoms with Crippen LogP contribution in [-0.4, -0.2) is 42.0 Å². The van der Waals surface area contributed by atoms with Gasteiger partial charge in [-0.25, -0.2) is 4.98 Å². The van der Waals surface area contributed by atoms with Crippen LogP contribution in [-0.2, 0) is 6.54 Å². The summed E-state index contributed by atoms with van der Waals surface area (Å²) in [6.45, 7) is 4.18. The average molecular weight is 407 g/mol. The molecule has 1 amide bonds. The number of halogens is 2. The standard InChI is InChI=1S/C19H17Cl2N3OS/c20-14-9-13(10-15(21)11-14)19(25)24-7-5-23(6-8-24)12-18-22-16-3-1-2-4-17(16)26-18/h1-4,9-11H,5-8,12H2/p+1. The quantitative estimate of drug-likeness (QED) is 0.725. The van der Waals surface area contributed by atoms with Crippen molar-refractivity contribution in [2.24, 2.45) is 0 Å². The van der Waals surface area contributed by atoms with Gasteiger partial charge in [0.05, 0.1) is 36.4 Å². The largest absolute Gasteiger partial charge is 0.327 e. The number of fused-ring (bicyclic) bond motifs is 1. The maximum Gasteiger partial charge on any atom is 0.254 e. The second kappa shape index (κ2) is 7.53. The Balaban J connectivity index is 1.38. The molecule has 0 spiro atoms. The Labute approximate surface area is 166 Å². The molecule has 2 aromatic carbocycles. The van der Waals surface area contributed by atoms with Crippen molar-refractivity contribution in [3.05, 3.63) is 63.1 Å². The first-order valence-corrected chi connectivity index (χ1v) is 10.1. The fourth-order valence-corrected chi connectivity index (χ4v) is 4.84. The Morgan fingerprint density at radius 1 is 1.12 bits per heavy atom. The van der Waals surface area contributed by atoms with Gasteiger partial charge in [-0.1, -0.05) is 35.3 Å². The monoisotopic (exact) mass is 406 g/mol. The van der Waals surface area contributed by atoms with E-state index >= 15 is 0 Å². The number of nitrogens with one attached hydrogen (secondary N) is 1. The van der Waals surface area contributed by atoms with Crippen LogP contribution in [0.5, 0.6) is 0 Å². The average Bonchev–Trinajstić information content (AvgIpc) is 3.03. The highest BCUT2D eigenvalue weighted by atomic mass is 35.5. The molecule has 1 fully saturated rings. The predicted octanol–water partition coefficient (Wildman–Crippen LogP) is 3.14. The first-order chi connectivity index (χ1) is 12.6. The van der Waals surface area contributed by atoms with E-state index in [2.05, 4.69) is 12.1 Å². The summed E-state index contributed by atoms with van der Waals surface area (Å²) in [7, 11) is 0. The Morgan fingerprint density at radius 2 is 1.81 bits per heavy atom. The molecule has 4 rings (SSSR count). The van der Waals surface area contributed by atoms with Crippen molar-refractivity contribution in [1.29, 1.82) is 0 Å². The molecule has 0 aliphatic carbocycles. The fourth-order valence-electron chi connectivity index (χ4n) is 3.27. The van der Waals surface area contributed by atoms with E-state index in [4.69, 9.17) is 28.2 Å². The van der Waals surface area contributed by atoms with Crippen LogP contribution in [0.2, 0.25) is 10.0 Å². The Kier molecular flexibility index (Phi) is 5.14. The van der Waals surface area contributed by atoms with Gasteiger partial charge in [-0.3, -0.25) is 4.79 Å². The van der Waals surface area contributed by atoms with Crippen LogP contribution in [0.15, 0.2) is 42.5 Å². The topological polar surface area (TPSA) is 37.6 Å². The highest BCUT2D eigenvalue weighted by Gasteiger charge is 2.25. The molecule has 0 bridgehead atoms. The fraction of sp³-hybridized carbons (Fsp3) is 0.263. The summed E-state index contributed by atoms with van der Waals surface area (Å²) in [6, 6.07) is 13.2. The number of quaternary nitrogens is 1. The highest BCUT2D eigenvalue weighted by molar-refractivity contribution is 7.18. The van der Waals surface area contributed by atoms with Gasteiger partial charge >= 0.3 is 0 Å². The molecule has 1 aliphatic rings. The molecule has 0 atom stereocenters. The lowest BCUT2D eigenvalue weighted by Gasteiger charge is -2.32. The number of amides is 1. The number of aromatic nitrogens is 1. The molecule has 3 aromatic rings. The third-order valence-corrected chi connectivity index (χ3v) is 6.08. The lowest BCUT2D eigenvalue weighted by atomic mass is 10.2. The van der Waals surface area contributed by atoms with Gasteiger partial charge in [-0.05, 0) is 30.3 Å². The molecular weight excluding hydrogens is 389 g/mol. The van der Waals surface area contributed by atoms with Crippen LogP contribution in [0.3, 0.4) is 0 Å². The van der Waals surface area contributed by atoms with E-state index in [9.17, 15) is 4.79 Å². The molecular formula is C19H18Cl2N3OS+. The zero-order valence-corrected chi connectivity index (χ0v) is 16.4. The van der Waals surface area contributed by atoms with E-state index in [0.29, 0.717) is 15.6 Å². The SMILES string of the molecule is O=C(c1cc(Cl)cc(Cl)c1)N1CC[NH+](Cc2nc3ccccc3s2)CC1. The maximum absolute atomic E-state index is 12.7. The molecule has 1 aromatic heterocycles. The summed E-state index contributed by atoms with van der Waals surface area (Å²) in [6.07, 6.45) is 0. The zero-order chi connectivity index (χ0) is 18.1. The predicted molar refractivity (Wildman–Crippen MR) is 106 cm³/mol. The van der Waals surface area contributed by atoms with Gasteiger partial charge in [0.1, 0.15) is 11.6 Å². The number of hydrogen-bond donors (Lipinski definition) is 1. The molecule has 1 N–H and O–H groups in total. The van der Waals surface area contributed by atoms with Crippen LogP contribution in [0.4, 0.5) is 0 Å². The lowest BCUT2D eigenvalue weighted by Crippen LogP contribution is -3.13. The van der Waals surface area contributed by atoms with Crippen molar-refractivity contribution in [3.63, 3.8) is 0 Å². The summed E-state index contributed by atoms with van der Waals surface area (Å²) in [5, 5.41) is 2.13. The molecule has 26 heavy (non-hydrogen) atoms. The molecule has 1 aliphatic heterocycles. The van der Waals surface area contributed by atoms with Crippen molar-refractivity contribution >= 4 is 50.7 Å². The van der Waals surface area contributed by atoms with E-state index in [0.717, 1.165) is 43.2 Å².